The van der Waals surface area contributed by atoms with Crippen molar-refractivity contribution < 1.29 is 23.1 Å². The summed E-state index contributed by atoms with van der Waals surface area (Å²) in [6, 6.07) is 0.786. The maximum atomic E-state index is 13.8. The van der Waals surface area contributed by atoms with Crippen molar-refractivity contribution in [1.29, 1.82) is 0 Å². The van der Waals surface area contributed by atoms with Gasteiger partial charge in [0.1, 0.15) is 17.7 Å². The van der Waals surface area contributed by atoms with Crippen LogP contribution < -0.4 is 5.73 Å². The van der Waals surface area contributed by atoms with E-state index in [-0.39, 0.29) is 17.9 Å². The number of likely N-dealkylation sites (tertiary alicyclic amines) is 1. The Kier molecular flexibility index (Phi) is 4.40. The molecule has 0 radical (unpaired) electrons. The van der Waals surface area contributed by atoms with Gasteiger partial charge in [0.05, 0.1) is 17.9 Å². The SMILES string of the molecule is CCOC(=O)C1CCCN1C(=O)c1cc(N)c(F)cc1F. The largest absolute Gasteiger partial charge is 0.464 e. The number of carbonyl (C=O) groups is 2. The highest BCUT2D eigenvalue weighted by Gasteiger charge is 2.36. The molecule has 1 fully saturated rings. The number of benzene rings is 1. The van der Waals surface area contributed by atoms with Crippen molar-refractivity contribution >= 4 is 17.6 Å². The summed E-state index contributed by atoms with van der Waals surface area (Å²) in [5.74, 6) is -3.12. The molecule has 0 aromatic heterocycles. The lowest BCUT2D eigenvalue weighted by molar-refractivity contribution is -0.147. The molecule has 1 atom stereocenters. The molecule has 1 saturated heterocycles. The predicted octanol–water partition coefficient (Wildman–Crippen LogP) is 1.71. The summed E-state index contributed by atoms with van der Waals surface area (Å²) in [6.07, 6.45) is 1.08. The van der Waals surface area contributed by atoms with E-state index in [1.165, 1.54) is 4.90 Å². The first kappa shape index (κ1) is 15.2. The van der Waals surface area contributed by atoms with Crippen LogP contribution in [0.15, 0.2) is 12.1 Å². The molecular formula is C14H16F2N2O3. The van der Waals surface area contributed by atoms with Crippen LogP contribution in [0.3, 0.4) is 0 Å². The fraction of sp³-hybridized carbons (Fsp3) is 0.429. The maximum Gasteiger partial charge on any atom is 0.328 e. The van der Waals surface area contributed by atoms with E-state index >= 15 is 0 Å². The van der Waals surface area contributed by atoms with E-state index in [1.54, 1.807) is 6.92 Å². The van der Waals surface area contributed by atoms with E-state index in [9.17, 15) is 18.4 Å². The molecule has 2 rings (SSSR count). The van der Waals surface area contributed by atoms with Crippen LogP contribution in [-0.2, 0) is 9.53 Å². The van der Waals surface area contributed by atoms with Crippen LogP contribution in [-0.4, -0.2) is 36.0 Å². The molecule has 2 N–H and O–H groups in total. The first-order chi connectivity index (χ1) is 9.95. The molecule has 1 aliphatic heterocycles. The summed E-state index contributed by atoms with van der Waals surface area (Å²) >= 11 is 0. The van der Waals surface area contributed by atoms with Gasteiger partial charge in [0.2, 0.25) is 0 Å². The van der Waals surface area contributed by atoms with Crippen molar-refractivity contribution in [1.82, 2.24) is 4.90 Å². The quantitative estimate of drug-likeness (QED) is 0.681. The molecule has 114 valence electrons. The summed E-state index contributed by atoms with van der Waals surface area (Å²) in [5, 5.41) is 0. The zero-order valence-corrected chi connectivity index (χ0v) is 11.6. The highest BCUT2D eigenvalue weighted by molar-refractivity contribution is 5.98. The molecule has 1 aromatic rings. The third kappa shape index (κ3) is 2.96. The predicted molar refractivity (Wildman–Crippen MR) is 71.5 cm³/mol. The van der Waals surface area contributed by atoms with E-state index in [0.29, 0.717) is 25.5 Å². The Morgan fingerprint density at radius 2 is 2.10 bits per heavy atom. The number of nitrogen functional groups attached to an aromatic ring is 1. The standard InChI is InChI=1S/C14H16F2N2O3/c1-2-21-14(20)12-4-3-5-18(12)13(19)8-6-11(17)10(16)7-9(8)15/h6-7,12H,2-5,17H2,1H3. The number of carbonyl (C=O) groups excluding carboxylic acids is 2. The van der Waals surface area contributed by atoms with Crippen molar-refractivity contribution in [2.45, 2.75) is 25.8 Å². The number of rotatable bonds is 3. The molecule has 1 aromatic carbocycles. The number of hydrogen-bond acceptors (Lipinski definition) is 4. The highest BCUT2D eigenvalue weighted by Crippen LogP contribution is 2.24. The molecule has 5 nitrogen and oxygen atoms in total. The molecule has 1 unspecified atom stereocenters. The van der Waals surface area contributed by atoms with Gasteiger partial charge in [0, 0.05) is 12.6 Å². The van der Waals surface area contributed by atoms with Crippen LogP contribution in [0.4, 0.5) is 14.5 Å². The topological polar surface area (TPSA) is 72.6 Å². The molecule has 0 aliphatic carbocycles. The molecule has 7 heteroatoms. The van der Waals surface area contributed by atoms with Gasteiger partial charge in [-0.2, -0.15) is 0 Å². The second kappa shape index (κ2) is 6.07. The number of nitrogens with two attached hydrogens (primary N) is 1. The first-order valence-corrected chi connectivity index (χ1v) is 6.67. The molecular weight excluding hydrogens is 282 g/mol. The zero-order valence-electron chi connectivity index (χ0n) is 11.6. The van der Waals surface area contributed by atoms with Gasteiger partial charge >= 0.3 is 5.97 Å². The Hall–Kier alpha value is -2.18. The lowest BCUT2D eigenvalue weighted by atomic mass is 10.1. The van der Waals surface area contributed by atoms with Gasteiger partial charge in [-0.1, -0.05) is 0 Å². The number of ether oxygens (including phenoxy) is 1. The smallest absolute Gasteiger partial charge is 0.328 e. The van der Waals surface area contributed by atoms with Crippen LogP contribution in [0, 0.1) is 11.6 Å². The minimum Gasteiger partial charge on any atom is -0.464 e. The molecule has 0 saturated carbocycles. The molecule has 0 bridgehead atoms. The lowest BCUT2D eigenvalue weighted by Crippen LogP contribution is -2.41. The van der Waals surface area contributed by atoms with E-state index in [1.807, 2.05) is 0 Å². The summed E-state index contributed by atoms with van der Waals surface area (Å²) in [7, 11) is 0. The van der Waals surface area contributed by atoms with Gasteiger partial charge in [-0.25, -0.2) is 13.6 Å². The van der Waals surface area contributed by atoms with E-state index < -0.39 is 29.6 Å². The van der Waals surface area contributed by atoms with Crippen molar-refractivity contribution in [3.63, 3.8) is 0 Å². The van der Waals surface area contributed by atoms with E-state index in [2.05, 4.69) is 0 Å². The number of halogens is 2. The summed E-state index contributed by atoms with van der Waals surface area (Å²) in [5.41, 5.74) is 4.71. The zero-order chi connectivity index (χ0) is 15.6. The number of amides is 1. The Labute approximate surface area is 120 Å². The molecule has 0 spiro atoms. The number of esters is 1. The van der Waals surface area contributed by atoms with E-state index in [4.69, 9.17) is 10.5 Å². The summed E-state index contributed by atoms with van der Waals surface area (Å²) in [4.78, 5) is 25.4. The fourth-order valence-corrected chi connectivity index (χ4v) is 2.38. The summed E-state index contributed by atoms with van der Waals surface area (Å²) < 4.78 is 31.8. The Balaban J connectivity index is 2.27. The Morgan fingerprint density at radius 1 is 1.38 bits per heavy atom. The molecule has 1 amide bonds. The van der Waals surface area contributed by atoms with E-state index in [0.717, 1.165) is 6.07 Å². The lowest BCUT2D eigenvalue weighted by Gasteiger charge is -2.23. The Morgan fingerprint density at radius 3 is 2.76 bits per heavy atom. The third-order valence-electron chi connectivity index (χ3n) is 3.39. The second-order valence-corrected chi connectivity index (χ2v) is 4.76. The molecule has 21 heavy (non-hydrogen) atoms. The van der Waals surface area contributed by atoms with Crippen LogP contribution in [0.2, 0.25) is 0 Å². The van der Waals surface area contributed by atoms with Crippen LogP contribution in [0.25, 0.3) is 0 Å². The average Bonchev–Trinajstić information content (AvgIpc) is 2.91. The van der Waals surface area contributed by atoms with Crippen molar-refractivity contribution in [2.75, 3.05) is 18.9 Å². The maximum absolute atomic E-state index is 13.8. The minimum atomic E-state index is -0.999. The molecule has 1 heterocycles. The van der Waals surface area contributed by atoms with Crippen molar-refractivity contribution in [2.24, 2.45) is 0 Å². The normalized spacial score (nSPS) is 17.9. The van der Waals surface area contributed by atoms with Crippen LogP contribution in [0.5, 0.6) is 0 Å². The number of anilines is 1. The molecule has 1 aliphatic rings. The van der Waals surface area contributed by atoms with Gasteiger partial charge in [-0.15, -0.1) is 0 Å². The van der Waals surface area contributed by atoms with Gasteiger partial charge in [0.15, 0.2) is 0 Å². The Bertz CT molecular complexity index is 578. The van der Waals surface area contributed by atoms with Crippen LogP contribution in [0.1, 0.15) is 30.1 Å². The fourth-order valence-electron chi connectivity index (χ4n) is 2.38. The first-order valence-electron chi connectivity index (χ1n) is 6.67. The van der Waals surface area contributed by atoms with Crippen molar-refractivity contribution in [3.05, 3.63) is 29.3 Å². The van der Waals surface area contributed by atoms with Gasteiger partial charge in [-0.3, -0.25) is 4.79 Å². The minimum absolute atomic E-state index is 0.204. The second-order valence-electron chi connectivity index (χ2n) is 4.76. The van der Waals surface area contributed by atoms with Gasteiger partial charge in [-0.05, 0) is 25.8 Å². The average molecular weight is 298 g/mol. The monoisotopic (exact) mass is 298 g/mol. The van der Waals surface area contributed by atoms with Gasteiger partial charge < -0.3 is 15.4 Å². The van der Waals surface area contributed by atoms with Gasteiger partial charge in [0.25, 0.3) is 5.91 Å². The summed E-state index contributed by atoms with van der Waals surface area (Å²) in [6.45, 7) is 2.19. The number of hydrogen-bond donors (Lipinski definition) is 1. The van der Waals surface area contributed by atoms with Crippen molar-refractivity contribution in [3.8, 4) is 0 Å². The third-order valence-corrected chi connectivity index (χ3v) is 3.39. The van der Waals surface area contributed by atoms with Crippen LogP contribution >= 0.6 is 0 Å². The number of nitrogens with zero attached hydrogens (tertiary/aromatic N) is 1. The highest BCUT2D eigenvalue weighted by atomic mass is 19.1.